The van der Waals surface area contributed by atoms with E-state index in [2.05, 4.69) is 29.1 Å². The quantitative estimate of drug-likeness (QED) is 0.764. The molecule has 2 rings (SSSR count). The molecule has 0 radical (unpaired) electrons. The van der Waals surface area contributed by atoms with Crippen LogP contribution in [0, 0.1) is 0 Å². The standard InChI is InChI=1S/C15H25NOS/c1-2-9-16-15(13-8-11-18-12-13)7-3-5-14-6-4-10-17-14/h8,11-12,14-16H,2-7,9-10H2,1H3. The van der Waals surface area contributed by atoms with Gasteiger partial charge in [-0.1, -0.05) is 6.92 Å². The Kier molecular flexibility index (Phi) is 6.18. The first-order valence-electron chi connectivity index (χ1n) is 7.27. The fraction of sp³-hybridized carbons (Fsp3) is 0.733. The lowest BCUT2D eigenvalue weighted by atomic mass is 10.0. The van der Waals surface area contributed by atoms with Gasteiger partial charge in [-0.15, -0.1) is 0 Å². The predicted octanol–water partition coefficient (Wildman–Crippen LogP) is 4.14. The van der Waals surface area contributed by atoms with Gasteiger partial charge in [0.25, 0.3) is 0 Å². The Morgan fingerprint density at radius 1 is 1.56 bits per heavy atom. The van der Waals surface area contributed by atoms with Gasteiger partial charge in [-0.2, -0.15) is 11.3 Å². The van der Waals surface area contributed by atoms with Crippen LogP contribution in [0.1, 0.15) is 57.1 Å². The Bertz CT molecular complexity index is 306. The van der Waals surface area contributed by atoms with Crippen molar-refractivity contribution in [3.8, 4) is 0 Å². The van der Waals surface area contributed by atoms with Gasteiger partial charge in [0.15, 0.2) is 0 Å². The summed E-state index contributed by atoms with van der Waals surface area (Å²) in [5.74, 6) is 0. The molecule has 102 valence electrons. The highest BCUT2D eigenvalue weighted by molar-refractivity contribution is 7.07. The Morgan fingerprint density at radius 2 is 2.50 bits per heavy atom. The van der Waals surface area contributed by atoms with Crippen LogP contribution in [0.5, 0.6) is 0 Å². The number of thiophene rings is 1. The number of nitrogens with one attached hydrogen (secondary N) is 1. The second kappa shape index (κ2) is 7.93. The molecule has 0 aliphatic carbocycles. The van der Waals surface area contributed by atoms with E-state index in [9.17, 15) is 0 Å². The van der Waals surface area contributed by atoms with E-state index in [1.54, 1.807) is 11.3 Å². The van der Waals surface area contributed by atoms with Crippen LogP contribution in [0.3, 0.4) is 0 Å². The second-order valence-corrected chi connectivity index (χ2v) is 5.91. The highest BCUT2D eigenvalue weighted by Gasteiger charge is 2.16. The van der Waals surface area contributed by atoms with Crippen molar-refractivity contribution < 1.29 is 4.74 Å². The fourth-order valence-corrected chi connectivity index (χ4v) is 3.31. The third-order valence-corrected chi connectivity index (χ3v) is 4.33. The third-order valence-electron chi connectivity index (χ3n) is 3.63. The zero-order valence-corrected chi connectivity index (χ0v) is 12.2. The Morgan fingerprint density at radius 3 is 3.17 bits per heavy atom. The summed E-state index contributed by atoms with van der Waals surface area (Å²) in [5, 5.41) is 8.12. The monoisotopic (exact) mass is 267 g/mol. The van der Waals surface area contributed by atoms with Crippen LogP contribution < -0.4 is 5.32 Å². The maximum atomic E-state index is 5.69. The molecule has 1 aliphatic rings. The first-order valence-corrected chi connectivity index (χ1v) is 8.21. The van der Waals surface area contributed by atoms with Gasteiger partial charge in [0.05, 0.1) is 6.10 Å². The van der Waals surface area contributed by atoms with Crippen molar-refractivity contribution in [1.29, 1.82) is 0 Å². The second-order valence-electron chi connectivity index (χ2n) is 5.13. The molecule has 2 atom stereocenters. The number of hydrogen-bond acceptors (Lipinski definition) is 3. The number of rotatable bonds is 8. The predicted molar refractivity (Wildman–Crippen MR) is 78.2 cm³/mol. The lowest BCUT2D eigenvalue weighted by Crippen LogP contribution is -2.22. The summed E-state index contributed by atoms with van der Waals surface area (Å²) < 4.78 is 5.69. The Balaban J connectivity index is 1.74. The summed E-state index contributed by atoms with van der Waals surface area (Å²) in [4.78, 5) is 0. The average Bonchev–Trinajstić information content (AvgIpc) is 3.05. The van der Waals surface area contributed by atoms with Crippen molar-refractivity contribution in [2.45, 2.75) is 57.6 Å². The van der Waals surface area contributed by atoms with Crippen molar-refractivity contribution in [2.75, 3.05) is 13.2 Å². The molecule has 18 heavy (non-hydrogen) atoms. The molecular formula is C15H25NOS. The van der Waals surface area contributed by atoms with Crippen LogP contribution in [0.25, 0.3) is 0 Å². The van der Waals surface area contributed by atoms with Crippen molar-refractivity contribution in [1.82, 2.24) is 5.32 Å². The van der Waals surface area contributed by atoms with Crippen molar-refractivity contribution >= 4 is 11.3 Å². The maximum Gasteiger partial charge on any atom is 0.0576 e. The van der Waals surface area contributed by atoms with Gasteiger partial charge in [-0.3, -0.25) is 0 Å². The average molecular weight is 267 g/mol. The molecule has 1 aromatic heterocycles. The minimum atomic E-state index is 0.539. The molecule has 2 unspecified atom stereocenters. The van der Waals surface area contributed by atoms with Crippen LogP contribution in [0.15, 0.2) is 16.8 Å². The molecule has 2 nitrogen and oxygen atoms in total. The molecule has 2 heterocycles. The molecule has 0 aromatic carbocycles. The molecule has 1 aromatic rings. The lowest BCUT2D eigenvalue weighted by molar-refractivity contribution is 0.101. The summed E-state index contributed by atoms with van der Waals surface area (Å²) in [6, 6.07) is 2.79. The van der Waals surface area contributed by atoms with E-state index in [-0.39, 0.29) is 0 Å². The maximum absolute atomic E-state index is 5.69. The molecule has 0 bridgehead atoms. The van der Waals surface area contributed by atoms with E-state index in [1.807, 2.05) is 0 Å². The smallest absolute Gasteiger partial charge is 0.0576 e. The molecule has 1 N–H and O–H groups in total. The third kappa shape index (κ3) is 4.38. The first kappa shape index (κ1) is 14.0. The highest BCUT2D eigenvalue weighted by Crippen LogP contribution is 2.24. The molecule has 1 fully saturated rings. The largest absolute Gasteiger partial charge is 0.378 e. The van der Waals surface area contributed by atoms with Gasteiger partial charge in [-0.05, 0) is 67.5 Å². The Labute approximate surface area is 115 Å². The van der Waals surface area contributed by atoms with Gasteiger partial charge < -0.3 is 10.1 Å². The lowest BCUT2D eigenvalue weighted by Gasteiger charge is -2.18. The number of hydrogen-bond donors (Lipinski definition) is 1. The normalized spacial score (nSPS) is 21.3. The minimum Gasteiger partial charge on any atom is -0.378 e. The van der Waals surface area contributed by atoms with E-state index in [4.69, 9.17) is 4.74 Å². The van der Waals surface area contributed by atoms with Crippen molar-refractivity contribution in [2.24, 2.45) is 0 Å². The van der Waals surface area contributed by atoms with Crippen molar-refractivity contribution in [3.63, 3.8) is 0 Å². The summed E-state index contributed by atoms with van der Waals surface area (Å²) in [6.07, 6.45) is 8.00. The van der Waals surface area contributed by atoms with Crippen molar-refractivity contribution in [3.05, 3.63) is 22.4 Å². The fourth-order valence-electron chi connectivity index (χ4n) is 2.60. The van der Waals surface area contributed by atoms with E-state index >= 15 is 0 Å². The highest BCUT2D eigenvalue weighted by atomic mass is 32.1. The first-order chi connectivity index (χ1) is 8.90. The van der Waals surface area contributed by atoms with Gasteiger partial charge in [-0.25, -0.2) is 0 Å². The van der Waals surface area contributed by atoms with Crippen LogP contribution in [-0.2, 0) is 4.74 Å². The molecular weight excluding hydrogens is 242 g/mol. The zero-order valence-electron chi connectivity index (χ0n) is 11.4. The van der Waals surface area contributed by atoms with Crippen LogP contribution in [0.4, 0.5) is 0 Å². The molecule has 0 amide bonds. The zero-order chi connectivity index (χ0) is 12.6. The Hall–Kier alpha value is -0.380. The summed E-state index contributed by atoms with van der Waals surface area (Å²) in [7, 11) is 0. The van der Waals surface area contributed by atoms with Crippen LogP contribution in [-0.4, -0.2) is 19.3 Å². The van der Waals surface area contributed by atoms with Crippen LogP contribution in [0.2, 0.25) is 0 Å². The number of ether oxygens (including phenoxy) is 1. The van der Waals surface area contributed by atoms with E-state index in [1.165, 1.54) is 44.1 Å². The molecule has 3 heteroatoms. The summed E-state index contributed by atoms with van der Waals surface area (Å²) in [6.45, 7) is 4.32. The van der Waals surface area contributed by atoms with E-state index < -0.39 is 0 Å². The van der Waals surface area contributed by atoms with Gasteiger partial charge in [0, 0.05) is 12.6 Å². The van der Waals surface area contributed by atoms with E-state index in [0.717, 1.165) is 13.2 Å². The molecule has 0 saturated carbocycles. The van der Waals surface area contributed by atoms with Gasteiger partial charge in [0.1, 0.15) is 0 Å². The van der Waals surface area contributed by atoms with Gasteiger partial charge in [0.2, 0.25) is 0 Å². The SMILES string of the molecule is CCCNC(CCCC1CCCO1)c1ccsc1. The summed E-state index contributed by atoms with van der Waals surface area (Å²) in [5.41, 5.74) is 1.46. The summed E-state index contributed by atoms with van der Waals surface area (Å²) >= 11 is 1.80. The molecule has 1 saturated heterocycles. The topological polar surface area (TPSA) is 21.3 Å². The molecule has 0 spiro atoms. The van der Waals surface area contributed by atoms with Crippen LogP contribution >= 0.6 is 11.3 Å². The van der Waals surface area contributed by atoms with E-state index in [0.29, 0.717) is 12.1 Å². The molecule has 1 aliphatic heterocycles. The van der Waals surface area contributed by atoms with Gasteiger partial charge >= 0.3 is 0 Å². The minimum absolute atomic E-state index is 0.539.